The van der Waals surface area contributed by atoms with Gasteiger partial charge in [0.15, 0.2) is 0 Å². The molecule has 0 amide bonds. The Kier molecular flexibility index (Phi) is 5.57. The van der Waals surface area contributed by atoms with E-state index in [1.807, 2.05) is 0 Å². The van der Waals surface area contributed by atoms with Gasteiger partial charge in [-0.1, -0.05) is 36.4 Å². The first-order chi connectivity index (χ1) is 12.8. The third kappa shape index (κ3) is 4.28. The Hall–Kier alpha value is -1.84. The highest BCUT2D eigenvalue weighted by Crippen LogP contribution is 2.31. The van der Waals surface area contributed by atoms with E-state index in [-0.39, 0.29) is 0 Å². The number of ether oxygens (including phenoxy) is 1. The van der Waals surface area contributed by atoms with Crippen molar-refractivity contribution in [2.45, 2.75) is 25.7 Å². The second-order valence-electron chi connectivity index (χ2n) is 7.74. The second kappa shape index (κ2) is 8.24. The van der Waals surface area contributed by atoms with Crippen molar-refractivity contribution < 1.29 is 4.74 Å². The average Bonchev–Trinajstić information content (AvgIpc) is 3.11. The first kappa shape index (κ1) is 17.6. The molecule has 2 aromatic carbocycles. The molecule has 1 aliphatic carbocycles. The molecule has 0 radical (unpaired) electrons. The molecule has 0 bridgehead atoms. The van der Waals surface area contributed by atoms with Crippen molar-refractivity contribution in [3.8, 4) is 5.75 Å². The van der Waals surface area contributed by atoms with Gasteiger partial charge in [-0.25, -0.2) is 0 Å². The van der Waals surface area contributed by atoms with Crippen LogP contribution in [0.2, 0.25) is 0 Å². The fourth-order valence-corrected chi connectivity index (χ4v) is 4.10. The van der Waals surface area contributed by atoms with E-state index in [1.165, 1.54) is 41.5 Å². The lowest BCUT2D eigenvalue weighted by atomic mass is 9.99. The van der Waals surface area contributed by atoms with E-state index in [2.05, 4.69) is 59.3 Å². The predicted molar refractivity (Wildman–Crippen MR) is 107 cm³/mol. The third-order valence-corrected chi connectivity index (χ3v) is 5.77. The highest BCUT2D eigenvalue weighted by molar-refractivity contribution is 5.46. The number of hydrogen-bond donors (Lipinski definition) is 0. The normalized spacial score (nSPS) is 18.0. The fourth-order valence-electron chi connectivity index (χ4n) is 4.10. The minimum Gasteiger partial charge on any atom is -0.492 e. The molecule has 138 valence electrons. The average molecular weight is 351 g/mol. The molecule has 26 heavy (non-hydrogen) atoms. The summed E-state index contributed by atoms with van der Waals surface area (Å²) in [4.78, 5) is 4.92. The van der Waals surface area contributed by atoms with E-state index < -0.39 is 0 Å². The summed E-state index contributed by atoms with van der Waals surface area (Å²) in [7, 11) is 2.20. The molecule has 1 aliphatic heterocycles. The van der Waals surface area contributed by atoms with Gasteiger partial charge in [0, 0.05) is 39.1 Å². The first-order valence-electron chi connectivity index (χ1n) is 10.0. The smallest absolute Gasteiger partial charge is 0.123 e. The lowest BCUT2D eigenvalue weighted by Gasteiger charge is -2.32. The van der Waals surface area contributed by atoms with Crippen molar-refractivity contribution in [2.24, 2.45) is 0 Å². The van der Waals surface area contributed by atoms with Crippen LogP contribution in [0.15, 0.2) is 42.5 Å². The highest BCUT2D eigenvalue weighted by atomic mass is 16.5. The Balaban J connectivity index is 1.43. The fraction of sp³-hybridized carbons (Fsp3) is 0.478. The van der Waals surface area contributed by atoms with Crippen molar-refractivity contribution >= 4 is 0 Å². The van der Waals surface area contributed by atoms with Gasteiger partial charge in [0.1, 0.15) is 12.4 Å². The number of likely N-dealkylation sites (N-methyl/N-ethyl adjacent to an activating group) is 1. The molecule has 0 N–H and O–H groups in total. The van der Waals surface area contributed by atoms with Gasteiger partial charge < -0.3 is 9.64 Å². The zero-order valence-corrected chi connectivity index (χ0v) is 15.9. The molecular formula is C23H30N2O. The Morgan fingerprint density at radius 2 is 1.65 bits per heavy atom. The third-order valence-electron chi connectivity index (χ3n) is 5.77. The molecule has 4 rings (SSSR count). The van der Waals surface area contributed by atoms with E-state index in [1.54, 1.807) is 0 Å². The Morgan fingerprint density at radius 3 is 2.42 bits per heavy atom. The lowest BCUT2D eigenvalue weighted by Crippen LogP contribution is -2.45. The van der Waals surface area contributed by atoms with Crippen LogP contribution in [0, 0.1) is 0 Å². The van der Waals surface area contributed by atoms with Crippen molar-refractivity contribution in [1.82, 2.24) is 9.80 Å². The number of hydrogen-bond acceptors (Lipinski definition) is 3. The molecule has 1 heterocycles. The van der Waals surface area contributed by atoms with Crippen molar-refractivity contribution in [1.29, 1.82) is 0 Å². The molecule has 1 saturated heterocycles. The van der Waals surface area contributed by atoms with E-state index in [4.69, 9.17) is 4.74 Å². The van der Waals surface area contributed by atoms with Gasteiger partial charge in [-0.3, -0.25) is 4.90 Å². The first-order valence-corrected chi connectivity index (χ1v) is 10.0. The highest BCUT2D eigenvalue weighted by Gasteiger charge is 2.17. The maximum absolute atomic E-state index is 6.31. The van der Waals surface area contributed by atoms with Crippen molar-refractivity contribution in [3.05, 3.63) is 64.7 Å². The summed E-state index contributed by atoms with van der Waals surface area (Å²) in [6, 6.07) is 15.5. The zero-order valence-electron chi connectivity index (χ0n) is 15.9. The lowest BCUT2D eigenvalue weighted by molar-refractivity contribution is 0.133. The largest absolute Gasteiger partial charge is 0.492 e. The molecule has 2 aliphatic rings. The number of piperazine rings is 1. The Morgan fingerprint density at radius 1 is 0.923 bits per heavy atom. The number of aryl methyl sites for hydroxylation is 2. The topological polar surface area (TPSA) is 15.7 Å². The van der Waals surface area contributed by atoms with E-state index in [0.29, 0.717) is 0 Å². The number of fused-ring (bicyclic) bond motifs is 1. The molecule has 3 heteroatoms. The minimum absolute atomic E-state index is 0.782. The van der Waals surface area contributed by atoms with Crippen LogP contribution in [0.3, 0.4) is 0 Å². The van der Waals surface area contributed by atoms with Gasteiger partial charge in [0.05, 0.1) is 0 Å². The van der Waals surface area contributed by atoms with Crippen molar-refractivity contribution in [3.63, 3.8) is 0 Å². The maximum Gasteiger partial charge on any atom is 0.123 e. The summed E-state index contributed by atoms with van der Waals surface area (Å²) >= 11 is 0. The SMILES string of the molecule is CN1CCN(CCOc2cc3c(cc2Cc2ccccc2)CCC3)CC1. The number of benzene rings is 2. The predicted octanol–water partition coefficient (Wildman–Crippen LogP) is 3.39. The van der Waals surface area contributed by atoms with Crippen LogP contribution in [-0.4, -0.2) is 56.2 Å². The molecule has 1 fully saturated rings. The monoisotopic (exact) mass is 350 g/mol. The van der Waals surface area contributed by atoms with Crippen LogP contribution < -0.4 is 4.74 Å². The summed E-state index contributed by atoms with van der Waals surface area (Å²) in [6.07, 6.45) is 4.66. The Bertz CT molecular complexity index is 720. The number of rotatable bonds is 6. The van der Waals surface area contributed by atoms with Gasteiger partial charge in [-0.05, 0) is 54.6 Å². The maximum atomic E-state index is 6.31. The molecule has 0 spiro atoms. The standard InChI is InChI=1S/C23H30N2O/c1-24-10-12-25(13-11-24)14-15-26-23-18-21-9-5-8-20(21)17-22(23)16-19-6-3-2-4-7-19/h2-4,6-7,17-18H,5,8-16H2,1H3. The van der Waals surface area contributed by atoms with Crippen LogP contribution >= 0.6 is 0 Å². The summed E-state index contributed by atoms with van der Waals surface area (Å²) in [5.74, 6) is 1.10. The van der Waals surface area contributed by atoms with Gasteiger partial charge in [0.2, 0.25) is 0 Å². The van der Waals surface area contributed by atoms with Crippen LogP contribution in [0.1, 0.15) is 28.7 Å². The summed E-state index contributed by atoms with van der Waals surface area (Å²) < 4.78 is 6.31. The van der Waals surface area contributed by atoms with Gasteiger partial charge in [-0.2, -0.15) is 0 Å². The quantitative estimate of drug-likeness (QED) is 0.794. The minimum atomic E-state index is 0.782. The van der Waals surface area contributed by atoms with Crippen LogP contribution in [-0.2, 0) is 19.3 Å². The van der Waals surface area contributed by atoms with Gasteiger partial charge >= 0.3 is 0 Å². The second-order valence-corrected chi connectivity index (χ2v) is 7.74. The summed E-state index contributed by atoms with van der Waals surface area (Å²) in [5, 5.41) is 0. The summed E-state index contributed by atoms with van der Waals surface area (Å²) in [5.41, 5.74) is 5.73. The molecular weight excluding hydrogens is 320 g/mol. The molecule has 0 unspecified atom stereocenters. The molecule has 3 nitrogen and oxygen atoms in total. The molecule has 0 aromatic heterocycles. The van der Waals surface area contributed by atoms with Crippen molar-refractivity contribution in [2.75, 3.05) is 46.4 Å². The summed E-state index contributed by atoms with van der Waals surface area (Å²) in [6.45, 7) is 6.44. The molecule has 0 saturated carbocycles. The number of nitrogens with zero attached hydrogens (tertiary/aromatic N) is 2. The Labute approximate surface area is 157 Å². The van der Waals surface area contributed by atoms with E-state index >= 15 is 0 Å². The van der Waals surface area contributed by atoms with Crippen LogP contribution in [0.4, 0.5) is 0 Å². The van der Waals surface area contributed by atoms with Gasteiger partial charge in [0.25, 0.3) is 0 Å². The van der Waals surface area contributed by atoms with Gasteiger partial charge in [-0.15, -0.1) is 0 Å². The zero-order chi connectivity index (χ0) is 17.8. The van der Waals surface area contributed by atoms with Crippen LogP contribution in [0.25, 0.3) is 0 Å². The molecule has 2 aromatic rings. The van der Waals surface area contributed by atoms with E-state index in [9.17, 15) is 0 Å². The molecule has 0 atom stereocenters. The van der Waals surface area contributed by atoms with E-state index in [0.717, 1.165) is 51.5 Å². The van der Waals surface area contributed by atoms with Crippen LogP contribution in [0.5, 0.6) is 5.75 Å².